The number of benzene rings is 1. The van der Waals surface area contributed by atoms with Crippen LogP contribution in [0.15, 0.2) is 30.3 Å². The number of hydrogen-bond acceptors (Lipinski definition) is 25. The second-order valence-corrected chi connectivity index (χ2v) is 38.6. The number of ether oxygens (including phenoxy) is 1. The summed E-state index contributed by atoms with van der Waals surface area (Å²) in [7, 11) is 1.11. The van der Waals surface area contributed by atoms with E-state index in [1.807, 2.05) is 0 Å². The van der Waals surface area contributed by atoms with Crippen LogP contribution < -0.4 is 107 Å². The van der Waals surface area contributed by atoms with Gasteiger partial charge in [0.05, 0.1) is 26.4 Å². The third-order valence-corrected chi connectivity index (χ3v) is 22.9. The Labute approximate surface area is 794 Å². The molecule has 1 fully saturated rings. The van der Waals surface area contributed by atoms with Gasteiger partial charge in [0.1, 0.15) is 105 Å². The van der Waals surface area contributed by atoms with E-state index in [1.54, 1.807) is 71.9 Å². The van der Waals surface area contributed by atoms with E-state index in [0.29, 0.717) is 0 Å². The fraction of sp³-hybridized carbons (Fsp3) is 0.689. The fourth-order valence-corrected chi connectivity index (χ4v) is 13.7. The Morgan fingerprint density at radius 2 is 0.838 bits per heavy atom. The number of likely N-dealkylation sites (tertiary alicyclic amines) is 1. The molecule has 14 unspecified atom stereocenters. The molecule has 1 aliphatic rings. The van der Waals surface area contributed by atoms with Crippen LogP contribution in [0.4, 0.5) is 0 Å². The molecule has 46 nitrogen and oxygen atoms in total. The van der Waals surface area contributed by atoms with Crippen LogP contribution in [0.25, 0.3) is 0 Å². The van der Waals surface area contributed by atoms with Crippen molar-refractivity contribution in [2.24, 2.45) is 29.2 Å². The molecule has 14 atom stereocenters. The first-order valence-electron chi connectivity index (χ1n) is 45.4. The second kappa shape index (κ2) is 52.5. The molecule has 1 heterocycles. The lowest BCUT2D eigenvalue weighted by atomic mass is 9.93. The molecule has 2 rings (SSSR count). The predicted octanol–water partition coefficient (Wildman–Crippen LogP) is -4.50. The highest BCUT2D eigenvalue weighted by Gasteiger charge is 2.48. The van der Waals surface area contributed by atoms with Crippen LogP contribution in [0.3, 0.4) is 0 Å². The van der Waals surface area contributed by atoms with Crippen LogP contribution in [-0.2, 0) is 117 Å². The average Bonchev–Trinajstić information content (AvgIpc) is 1.24. The second-order valence-electron chi connectivity index (χ2n) is 38.6. The summed E-state index contributed by atoms with van der Waals surface area (Å²) in [6.45, 7) is 32.0. The van der Waals surface area contributed by atoms with Crippen molar-refractivity contribution in [1.29, 1.82) is 0 Å². The molecule has 0 radical (unpaired) electrons. The van der Waals surface area contributed by atoms with Gasteiger partial charge in [0, 0.05) is 32.7 Å². The molecule has 1 saturated heterocycles. The smallest absolute Gasteiger partial charge is 0.305 e. The van der Waals surface area contributed by atoms with Gasteiger partial charge in [0.15, 0.2) is 0 Å². The number of aliphatic hydroxyl groups is 2. The van der Waals surface area contributed by atoms with E-state index in [4.69, 9.17) is 16.2 Å². The van der Waals surface area contributed by atoms with E-state index in [-0.39, 0.29) is 70.3 Å². The van der Waals surface area contributed by atoms with Crippen molar-refractivity contribution >= 4 is 130 Å². The highest BCUT2D eigenvalue weighted by Crippen LogP contribution is 2.25. The topological polar surface area (TPSA) is 697 Å². The van der Waals surface area contributed by atoms with E-state index in [0.717, 1.165) is 12.7 Å². The largest absolute Gasteiger partial charge is 0.469 e. The van der Waals surface area contributed by atoms with Gasteiger partial charge in [0.25, 0.3) is 0 Å². The normalized spacial score (nSPS) is 16.0. The lowest BCUT2D eigenvalue weighted by Crippen LogP contribution is -2.67. The molecule has 0 bridgehead atoms. The minimum atomic E-state index is -1.94. The zero-order chi connectivity index (χ0) is 105. The number of carbonyl (C=O) groups is 22. The molecule has 0 spiro atoms. The predicted molar refractivity (Wildman–Crippen MR) is 495 cm³/mol. The van der Waals surface area contributed by atoms with Crippen LogP contribution >= 0.6 is 0 Å². The number of rotatable bonds is 55. The Morgan fingerprint density at radius 1 is 0.419 bits per heavy atom. The van der Waals surface area contributed by atoms with E-state index in [2.05, 4.69) is 95.7 Å². The van der Waals surface area contributed by atoms with Crippen molar-refractivity contribution in [3.63, 3.8) is 0 Å². The summed E-state index contributed by atoms with van der Waals surface area (Å²) in [5.41, 5.74) is -0.894. The van der Waals surface area contributed by atoms with Crippen molar-refractivity contribution in [3.05, 3.63) is 35.9 Å². The van der Waals surface area contributed by atoms with Gasteiger partial charge >= 0.3 is 5.97 Å². The molecule has 21 amide bonds. The number of methoxy groups -OCH3 is 1. The van der Waals surface area contributed by atoms with Crippen LogP contribution in [0, 0.1) is 17.8 Å². The minimum Gasteiger partial charge on any atom is -0.469 e. The molecule has 1 aromatic carbocycles. The number of nitrogens with one attached hydrogen (secondary N) is 18. The molecule has 24 N–H and O–H groups in total. The van der Waals surface area contributed by atoms with Crippen LogP contribution in [0.5, 0.6) is 0 Å². The Balaban J connectivity index is 2.24. The maximum Gasteiger partial charge on any atom is 0.305 e. The Hall–Kier alpha value is -12.5. The van der Waals surface area contributed by atoms with E-state index in [9.17, 15) is 116 Å². The van der Waals surface area contributed by atoms with Gasteiger partial charge in [-0.15, -0.1) is 0 Å². The monoisotopic (exact) mass is 1920 g/mol. The third kappa shape index (κ3) is 37.6. The van der Waals surface area contributed by atoms with Crippen LogP contribution in [0.2, 0.25) is 0 Å². The maximum atomic E-state index is 14.7. The first-order valence-corrected chi connectivity index (χ1v) is 45.4. The molecular weight excluding hydrogens is 1780 g/mol. The summed E-state index contributed by atoms with van der Waals surface area (Å²) >= 11 is 0. The highest BCUT2D eigenvalue weighted by atomic mass is 16.5. The van der Waals surface area contributed by atoms with Crippen molar-refractivity contribution in [1.82, 2.24) is 101 Å². The average molecular weight is 1930 g/mol. The summed E-state index contributed by atoms with van der Waals surface area (Å²) < 4.78 is 4.79. The van der Waals surface area contributed by atoms with Gasteiger partial charge in [-0.3, -0.25) is 105 Å². The van der Waals surface area contributed by atoms with E-state index < -0.39 is 286 Å². The van der Waals surface area contributed by atoms with Crippen molar-refractivity contribution in [2.45, 2.75) is 354 Å². The Bertz CT molecular complexity index is 4480. The molecule has 136 heavy (non-hydrogen) atoms. The van der Waals surface area contributed by atoms with Crippen LogP contribution in [0.1, 0.15) is 242 Å². The molecule has 0 saturated carbocycles. The molecular formula is C90H149N21O25. The first-order chi connectivity index (χ1) is 62.6. The number of nitrogens with zero attached hydrogens (tertiary/aromatic N) is 1. The molecule has 0 aliphatic carbocycles. The molecule has 0 aromatic heterocycles. The van der Waals surface area contributed by atoms with Crippen LogP contribution in [-0.4, -0.2) is 283 Å². The summed E-state index contributed by atoms with van der Waals surface area (Å²) in [5.74, 6) is -20.9. The van der Waals surface area contributed by atoms with Crippen molar-refractivity contribution in [2.75, 3.05) is 26.9 Å². The number of primary amides is 2. The SMILES string of the molecule is CCC(C)C(NC(=O)C(C)(C)NC(=O)C(NC(=O)C1CCCN1C(=O)C(C)(C)NC(=O)C(CC(C)C)NC(=O)C(CO)NC(=O)C(C)NC(=O)C(C)(C)NC(=O)C(C)(C)NC(=O)C(CCC(N)=O)NC(=O)C(C)(CC)NC(=O)C(C)(C)NC(=O)C(C)NC(=O)C(C)NC(=O)C(C)(C)NC(C)=O)C(C)C)C(=O)NC(CCC(=O)OC)C(=O)NC(CCC(N)=O)C(=O)NC(CO)Cc1ccccc1. The summed E-state index contributed by atoms with van der Waals surface area (Å²) in [5, 5.41) is 66.3. The summed E-state index contributed by atoms with van der Waals surface area (Å²) in [6.07, 6.45) is -1.73. The maximum absolute atomic E-state index is 14.7. The number of nitrogens with two attached hydrogens (primary N) is 2. The van der Waals surface area contributed by atoms with E-state index >= 15 is 0 Å². The van der Waals surface area contributed by atoms with Gasteiger partial charge in [-0.05, 0) is 185 Å². The molecule has 764 valence electrons. The molecule has 46 heteroatoms. The number of hydrogen-bond donors (Lipinski definition) is 22. The quantitative estimate of drug-likeness (QED) is 0.0273. The number of esters is 1. The minimum absolute atomic E-state index is 0.00503. The lowest BCUT2D eigenvalue weighted by Gasteiger charge is -2.36. The van der Waals surface area contributed by atoms with Crippen molar-refractivity contribution in [3.8, 4) is 0 Å². The van der Waals surface area contributed by atoms with E-state index in [1.165, 1.54) is 130 Å². The fourth-order valence-electron chi connectivity index (χ4n) is 13.7. The third-order valence-electron chi connectivity index (χ3n) is 22.9. The number of aliphatic hydroxyl groups excluding tert-OH is 2. The van der Waals surface area contributed by atoms with Crippen molar-refractivity contribution < 1.29 is 120 Å². The van der Waals surface area contributed by atoms with Gasteiger partial charge in [-0.2, -0.15) is 0 Å². The number of amides is 21. The highest BCUT2D eigenvalue weighted by molar-refractivity contribution is 6.04. The molecule has 1 aromatic rings. The zero-order valence-electron chi connectivity index (χ0n) is 83.0. The summed E-state index contributed by atoms with van der Waals surface area (Å²) in [4.78, 5) is 301. The first kappa shape index (κ1) is 120. The Kier molecular flexibility index (Phi) is 46.2. The van der Waals surface area contributed by atoms with Gasteiger partial charge in [-0.25, -0.2) is 0 Å². The molecule has 1 aliphatic heterocycles. The Morgan fingerprint density at radius 3 is 1.32 bits per heavy atom. The lowest BCUT2D eigenvalue weighted by molar-refractivity contribution is -0.146. The summed E-state index contributed by atoms with van der Waals surface area (Å²) in [6, 6.07) is -7.79. The standard InChI is InChI=1S/C90H149N21O25/c1-26-48(7)65(75(127)98-56(37-40-63(117)136-25)70(122)97-55(35-38-61(91)115)69(121)96-54(44-112)43-53-32-29-28-30-33-53)103-79(131)85(14,15)108-76(128)64(47(5)6)102-74(126)60-34-31-41-111(60)83(135)89(22,23)107-73(125)58(42-46(3)4)99-71(123)59(45-113)100-67(119)50(9)95-78(130)86(16,17)109-80(132)87(18,19)106-72(124)57(36-39-62(92)116)101-82(134)90(24,27-2)110-81(133)88(20,21)105-68(120)51(10)93-66(118)49(8)94-77(129)84(12,13)104-52(11)114/h28-30,32-33,46-51,54-60,64-65,112-113H,26-27,31,34-45H2,1-25H3,(H2,91,115)(H2,92,116)(H,93,118)(H,94,129)(H,95,130)(H,96,121)(H,97,122)(H,98,127)(H,99,123)(H,100,119)(H,101,134)(H,102,126)(H,103,131)(H,104,114)(H,105,120)(H,106,124)(H,107,125)(H,108,128)(H,109,132)(H,110,133). The zero-order valence-corrected chi connectivity index (χ0v) is 83.0. The van der Waals surface area contributed by atoms with Gasteiger partial charge < -0.3 is 127 Å². The number of carbonyl (C=O) groups excluding carboxylic acids is 22. The van der Waals surface area contributed by atoms with Gasteiger partial charge in [0.2, 0.25) is 124 Å². The van der Waals surface area contributed by atoms with Gasteiger partial charge in [-0.1, -0.05) is 85.2 Å².